The first-order chi connectivity index (χ1) is 6.65. The summed E-state index contributed by atoms with van der Waals surface area (Å²) in [7, 11) is 0. The minimum Gasteiger partial charge on any atom is -0.507 e. The van der Waals surface area contributed by atoms with Gasteiger partial charge in [0.15, 0.2) is 0 Å². The SMILES string of the molecule is NC/C=C/c1ccc(O)c(C(F)F)c1. The van der Waals surface area contributed by atoms with E-state index in [9.17, 15) is 8.78 Å². The van der Waals surface area contributed by atoms with Gasteiger partial charge in [-0.25, -0.2) is 8.78 Å². The van der Waals surface area contributed by atoms with Gasteiger partial charge >= 0.3 is 0 Å². The van der Waals surface area contributed by atoms with E-state index in [0.717, 1.165) is 0 Å². The Morgan fingerprint density at radius 1 is 1.43 bits per heavy atom. The van der Waals surface area contributed by atoms with Crippen LogP contribution < -0.4 is 5.73 Å². The van der Waals surface area contributed by atoms with E-state index in [1.165, 1.54) is 12.1 Å². The van der Waals surface area contributed by atoms with Gasteiger partial charge in [0.2, 0.25) is 0 Å². The summed E-state index contributed by atoms with van der Waals surface area (Å²) in [6, 6.07) is 4.04. The van der Waals surface area contributed by atoms with E-state index in [0.29, 0.717) is 12.1 Å². The lowest BCUT2D eigenvalue weighted by atomic mass is 10.1. The van der Waals surface area contributed by atoms with Crippen molar-refractivity contribution in [2.45, 2.75) is 6.43 Å². The van der Waals surface area contributed by atoms with Crippen LogP contribution in [0, 0.1) is 0 Å². The minimum atomic E-state index is -2.67. The standard InChI is InChI=1S/C10H11F2NO/c11-10(12)8-6-7(2-1-5-13)3-4-9(8)14/h1-4,6,10,14H,5,13H2/b2-1+. The molecule has 0 heterocycles. The Bertz CT molecular complexity index is 337. The number of halogens is 2. The fourth-order valence-corrected chi connectivity index (χ4v) is 1.06. The van der Waals surface area contributed by atoms with E-state index in [2.05, 4.69) is 0 Å². The molecule has 0 amide bonds. The summed E-state index contributed by atoms with van der Waals surface area (Å²) in [5.74, 6) is -0.384. The van der Waals surface area contributed by atoms with Gasteiger partial charge in [-0.2, -0.15) is 0 Å². The van der Waals surface area contributed by atoms with Crippen molar-refractivity contribution in [1.82, 2.24) is 0 Å². The number of phenolic OH excluding ortho intramolecular Hbond substituents is 1. The molecular formula is C10H11F2NO. The summed E-state index contributed by atoms with van der Waals surface area (Å²) in [5, 5.41) is 9.10. The average molecular weight is 199 g/mol. The first-order valence-corrected chi connectivity index (χ1v) is 4.13. The Morgan fingerprint density at radius 3 is 2.71 bits per heavy atom. The normalized spacial score (nSPS) is 11.4. The fraction of sp³-hybridized carbons (Fsp3) is 0.200. The molecule has 1 aromatic carbocycles. The molecule has 0 bridgehead atoms. The third kappa shape index (κ3) is 2.53. The van der Waals surface area contributed by atoms with Crippen LogP contribution in [-0.4, -0.2) is 11.7 Å². The quantitative estimate of drug-likeness (QED) is 0.784. The minimum absolute atomic E-state index is 0.352. The van der Waals surface area contributed by atoms with Gasteiger partial charge in [0.1, 0.15) is 5.75 Å². The van der Waals surface area contributed by atoms with Crippen molar-refractivity contribution in [1.29, 1.82) is 0 Å². The molecule has 14 heavy (non-hydrogen) atoms. The van der Waals surface area contributed by atoms with Crippen molar-refractivity contribution in [3.05, 3.63) is 35.4 Å². The van der Waals surface area contributed by atoms with Gasteiger partial charge in [-0.15, -0.1) is 0 Å². The summed E-state index contributed by atoms with van der Waals surface area (Å²) < 4.78 is 24.6. The van der Waals surface area contributed by atoms with Gasteiger partial charge in [0.05, 0.1) is 5.56 Å². The maximum Gasteiger partial charge on any atom is 0.267 e. The lowest BCUT2D eigenvalue weighted by molar-refractivity contribution is 0.147. The molecule has 76 valence electrons. The molecule has 0 radical (unpaired) electrons. The average Bonchev–Trinajstić information content (AvgIpc) is 2.16. The zero-order chi connectivity index (χ0) is 10.6. The molecule has 0 aliphatic carbocycles. The Kier molecular flexibility index (Phi) is 3.59. The van der Waals surface area contributed by atoms with E-state index < -0.39 is 6.43 Å². The van der Waals surface area contributed by atoms with Crippen LogP contribution in [0.15, 0.2) is 24.3 Å². The predicted octanol–water partition coefficient (Wildman–Crippen LogP) is 2.30. The Balaban J connectivity index is 3.00. The van der Waals surface area contributed by atoms with Crippen LogP contribution in [0.3, 0.4) is 0 Å². The van der Waals surface area contributed by atoms with Crippen LogP contribution in [0.25, 0.3) is 6.08 Å². The van der Waals surface area contributed by atoms with E-state index in [-0.39, 0.29) is 11.3 Å². The van der Waals surface area contributed by atoms with Crippen LogP contribution in [0.2, 0.25) is 0 Å². The molecule has 1 aromatic rings. The zero-order valence-electron chi connectivity index (χ0n) is 7.45. The lowest BCUT2D eigenvalue weighted by Crippen LogP contribution is -1.92. The van der Waals surface area contributed by atoms with Crippen LogP contribution in [-0.2, 0) is 0 Å². The van der Waals surface area contributed by atoms with Gasteiger partial charge < -0.3 is 10.8 Å². The molecule has 3 N–H and O–H groups in total. The number of nitrogens with two attached hydrogens (primary N) is 1. The maximum absolute atomic E-state index is 12.3. The summed E-state index contributed by atoms with van der Waals surface area (Å²) >= 11 is 0. The van der Waals surface area contributed by atoms with E-state index in [1.54, 1.807) is 18.2 Å². The number of alkyl halides is 2. The van der Waals surface area contributed by atoms with Gasteiger partial charge in [0, 0.05) is 6.54 Å². The van der Waals surface area contributed by atoms with Gasteiger partial charge in [-0.1, -0.05) is 18.2 Å². The first kappa shape index (κ1) is 10.7. The maximum atomic E-state index is 12.3. The smallest absolute Gasteiger partial charge is 0.267 e. The Morgan fingerprint density at radius 2 is 2.14 bits per heavy atom. The third-order valence-corrected chi connectivity index (χ3v) is 1.73. The highest BCUT2D eigenvalue weighted by Gasteiger charge is 2.12. The summed E-state index contributed by atoms with van der Waals surface area (Å²) in [6.45, 7) is 0.352. The summed E-state index contributed by atoms with van der Waals surface area (Å²) in [5.41, 5.74) is 5.46. The molecule has 0 saturated heterocycles. The monoisotopic (exact) mass is 199 g/mol. The van der Waals surface area contributed by atoms with Gasteiger partial charge in [0.25, 0.3) is 6.43 Å². The van der Waals surface area contributed by atoms with Crippen LogP contribution in [0.4, 0.5) is 8.78 Å². The van der Waals surface area contributed by atoms with Gasteiger partial charge in [-0.05, 0) is 17.7 Å². The molecule has 0 aliphatic rings. The number of hydrogen-bond acceptors (Lipinski definition) is 2. The number of hydrogen-bond donors (Lipinski definition) is 2. The zero-order valence-corrected chi connectivity index (χ0v) is 7.45. The number of phenols is 1. The fourth-order valence-electron chi connectivity index (χ4n) is 1.06. The Hall–Kier alpha value is -1.42. The molecular weight excluding hydrogens is 188 g/mol. The van der Waals surface area contributed by atoms with Crippen molar-refractivity contribution < 1.29 is 13.9 Å². The number of rotatable bonds is 3. The topological polar surface area (TPSA) is 46.2 Å². The van der Waals surface area contributed by atoms with Gasteiger partial charge in [-0.3, -0.25) is 0 Å². The lowest BCUT2D eigenvalue weighted by Gasteiger charge is -2.03. The van der Waals surface area contributed by atoms with Crippen molar-refractivity contribution in [2.24, 2.45) is 5.73 Å². The molecule has 2 nitrogen and oxygen atoms in total. The molecule has 1 rings (SSSR count). The second-order valence-electron chi connectivity index (χ2n) is 2.76. The molecule has 0 saturated carbocycles. The molecule has 4 heteroatoms. The van der Waals surface area contributed by atoms with Crippen molar-refractivity contribution in [3.8, 4) is 5.75 Å². The largest absolute Gasteiger partial charge is 0.507 e. The first-order valence-electron chi connectivity index (χ1n) is 4.13. The second-order valence-corrected chi connectivity index (χ2v) is 2.76. The third-order valence-electron chi connectivity index (χ3n) is 1.73. The predicted molar refractivity (Wildman–Crippen MR) is 51.2 cm³/mol. The van der Waals surface area contributed by atoms with Crippen molar-refractivity contribution in [2.75, 3.05) is 6.54 Å². The highest BCUT2D eigenvalue weighted by Crippen LogP contribution is 2.28. The number of benzene rings is 1. The van der Waals surface area contributed by atoms with Crippen LogP contribution in [0.1, 0.15) is 17.6 Å². The molecule has 0 fully saturated rings. The summed E-state index contributed by atoms with van der Waals surface area (Å²) in [6.07, 6.45) is 0.619. The van der Waals surface area contributed by atoms with Crippen LogP contribution in [0.5, 0.6) is 5.75 Å². The number of aromatic hydroxyl groups is 1. The molecule has 0 aliphatic heterocycles. The molecule has 0 aromatic heterocycles. The highest BCUT2D eigenvalue weighted by atomic mass is 19.3. The van der Waals surface area contributed by atoms with Crippen molar-refractivity contribution in [3.63, 3.8) is 0 Å². The van der Waals surface area contributed by atoms with E-state index in [1.807, 2.05) is 0 Å². The highest BCUT2D eigenvalue weighted by molar-refractivity contribution is 5.53. The molecule has 0 unspecified atom stereocenters. The van der Waals surface area contributed by atoms with E-state index in [4.69, 9.17) is 10.8 Å². The Labute approximate surface area is 80.7 Å². The summed E-state index contributed by atoms with van der Waals surface area (Å²) in [4.78, 5) is 0. The second kappa shape index (κ2) is 4.72. The van der Waals surface area contributed by atoms with Crippen molar-refractivity contribution >= 4 is 6.08 Å². The molecule has 0 atom stereocenters. The molecule has 0 spiro atoms. The van der Waals surface area contributed by atoms with E-state index >= 15 is 0 Å². The van der Waals surface area contributed by atoms with Crippen LogP contribution >= 0.6 is 0 Å².